The van der Waals surface area contributed by atoms with Crippen molar-refractivity contribution in [3.8, 4) is 0 Å². The maximum absolute atomic E-state index is 14.0. The molecule has 2 saturated heterocycles. The number of aromatic nitrogens is 1. The molecule has 0 aliphatic carbocycles. The highest BCUT2D eigenvalue weighted by atomic mass is 19.1. The molecule has 150 valence electrons. The minimum atomic E-state index is -0.226. The lowest BCUT2D eigenvalue weighted by Crippen LogP contribution is -2.51. The molecule has 2 atom stereocenters. The molecule has 3 heterocycles. The zero-order valence-corrected chi connectivity index (χ0v) is 16.6. The van der Waals surface area contributed by atoms with Crippen molar-refractivity contribution >= 4 is 16.8 Å². The van der Waals surface area contributed by atoms with E-state index in [1.807, 2.05) is 30.9 Å². The fourth-order valence-electron chi connectivity index (χ4n) is 4.54. The molecule has 28 heavy (non-hydrogen) atoms. The molecule has 2 aromatic rings. The van der Waals surface area contributed by atoms with Crippen LogP contribution in [0.2, 0.25) is 0 Å². The first-order valence-corrected chi connectivity index (χ1v) is 10.2. The second-order valence-electron chi connectivity index (χ2n) is 8.19. The summed E-state index contributed by atoms with van der Waals surface area (Å²) >= 11 is 0. The summed E-state index contributed by atoms with van der Waals surface area (Å²) in [4.78, 5) is 21.6. The van der Waals surface area contributed by atoms with Crippen LogP contribution in [-0.2, 0) is 16.1 Å². The lowest BCUT2D eigenvalue weighted by atomic mass is 9.94. The number of rotatable bonds is 3. The van der Waals surface area contributed by atoms with Crippen molar-refractivity contribution in [3.63, 3.8) is 0 Å². The Morgan fingerprint density at radius 2 is 1.93 bits per heavy atom. The van der Waals surface area contributed by atoms with E-state index in [1.165, 1.54) is 6.07 Å². The number of hydrogen-bond acceptors (Lipinski definition) is 4. The molecule has 1 aromatic carbocycles. The number of ether oxygens (including phenoxy) is 1. The number of nitrogens with zero attached hydrogens (tertiary/aromatic N) is 3. The number of piperidine rings is 1. The summed E-state index contributed by atoms with van der Waals surface area (Å²) in [6.07, 6.45) is 3.64. The van der Waals surface area contributed by atoms with Crippen LogP contribution in [0.5, 0.6) is 0 Å². The van der Waals surface area contributed by atoms with E-state index in [9.17, 15) is 9.18 Å². The number of fused-ring (bicyclic) bond motifs is 1. The van der Waals surface area contributed by atoms with Crippen molar-refractivity contribution in [2.24, 2.45) is 5.92 Å². The van der Waals surface area contributed by atoms with E-state index in [0.717, 1.165) is 42.4 Å². The predicted octanol–water partition coefficient (Wildman–Crippen LogP) is 3.22. The highest BCUT2D eigenvalue weighted by Crippen LogP contribution is 2.25. The maximum Gasteiger partial charge on any atom is 0.225 e. The first-order valence-electron chi connectivity index (χ1n) is 10.2. The fraction of sp³-hybridized carbons (Fsp3) is 0.545. The monoisotopic (exact) mass is 385 g/mol. The molecular formula is C22H28FN3O2. The summed E-state index contributed by atoms with van der Waals surface area (Å²) in [6.45, 7) is 7.77. The topological polar surface area (TPSA) is 45.7 Å². The first-order chi connectivity index (χ1) is 13.5. The average Bonchev–Trinajstić information content (AvgIpc) is 2.67. The van der Waals surface area contributed by atoms with Crippen LogP contribution in [0.4, 0.5) is 4.39 Å². The van der Waals surface area contributed by atoms with Gasteiger partial charge < -0.3 is 9.64 Å². The average molecular weight is 385 g/mol. The molecule has 2 aliphatic heterocycles. The number of carbonyl (C=O) groups is 1. The number of carbonyl (C=O) groups excluding carboxylic acids is 1. The normalized spacial score (nSPS) is 24.6. The minimum absolute atomic E-state index is 0.0797. The summed E-state index contributed by atoms with van der Waals surface area (Å²) in [5.41, 5.74) is 1.77. The van der Waals surface area contributed by atoms with Crippen LogP contribution in [0.15, 0.2) is 30.5 Å². The van der Waals surface area contributed by atoms with Crippen LogP contribution in [0, 0.1) is 11.7 Å². The number of likely N-dealkylation sites (tertiary alicyclic amines) is 1. The molecule has 2 fully saturated rings. The Labute approximate surface area is 165 Å². The quantitative estimate of drug-likeness (QED) is 0.814. The van der Waals surface area contributed by atoms with Gasteiger partial charge in [0.25, 0.3) is 0 Å². The summed E-state index contributed by atoms with van der Waals surface area (Å²) in [6, 6.07) is 6.84. The van der Waals surface area contributed by atoms with E-state index in [-0.39, 0.29) is 29.9 Å². The van der Waals surface area contributed by atoms with Crippen molar-refractivity contribution in [3.05, 3.63) is 41.8 Å². The van der Waals surface area contributed by atoms with Crippen LogP contribution in [0.1, 0.15) is 32.3 Å². The fourth-order valence-corrected chi connectivity index (χ4v) is 4.54. The summed E-state index contributed by atoms with van der Waals surface area (Å²) in [5, 5.41) is 0.832. The number of hydrogen-bond donors (Lipinski definition) is 0. The maximum atomic E-state index is 14.0. The van der Waals surface area contributed by atoms with Crippen LogP contribution in [0.3, 0.4) is 0 Å². The van der Waals surface area contributed by atoms with Gasteiger partial charge in [-0.15, -0.1) is 0 Å². The van der Waals surface area contributed by atoms with Gasteiger partial charge in [0.05, 0.1) is 17.7 Å². The molecule has 1 aromatic heterocycles. The lowest BCUT2D eigenvalue weighted by molar-refractivity contribution is -0.148. The predicted molar refractivity (Wildman–Crippen MR) is 106 cm³/mol. The van der Waals surface area contributed by atoms with Gasteiger partial charge in [-0.05, 0) is 63.5 Å². The largest absolute Gasteiger partial charge is 0.372 e. The van der Waals surface area contributed by atoms with Crippen LogP contribution in [-0.4, -0.2) is 59.1 Å². The molecular weight excluding hydrogens is 357 g/mol. The van der Waals surface area contributed by atoms with Gasteiger partial charge in [0, 0.05) is 37.1 Å². The Morgan fingerprint density at radius 1 is 1.21 bits per heavy atom. The van der Waals surface area contributed by atoms with Crippen molar-refractivity contribution in [1.29, 1.82) is 0 Å². The van der Waals surface area contributed by atoms with Gasteiger partial charge in [0.2, 0.25) is 5.91 Å². The molecule has 2 unspecified atom stereocenters. The lowest BCUT2D eigenvalue weighted by Gasteiger charge is -2.39. The summed E-state index contributed by atoms with van der Waals surface area (Å²) in [7, 11) is 0. The molecule has 0 N–H and O–H groups in total. The highest BCUT2D eigenvalue weighted by Gasteiger charge is 2.32. The van der Waals surface area contributed by atoms with E-state index in [0.29, 0.717) is 19.6 Å². The molecule has 5 nitrogen and oxygen atoms in total. The van der Waals surface area contributed by atoms with E-state index in [1.54, 1.807) is 12.3 Å². The number of benzene rings is 1. The minimum Gasteiger partial charge on any atom is -0.372 e. The number of morpholine rings is 1. The second kappa shape index (κ2) is 8.13. The summed E-state index contributed by atoms with van der Waals surface area (Å²) in [5.74, 6) is 0.117. The Bertz CT molecular complexity index is 841. The van der Waals surface area contributed by atoms with Gasteiger partial charge in [-0.25, -0.2) is 4.39 Å². The van der Waals surface area contributed by atoms with Gasteiger partial charge in [-0.1, -0.05) is 6.07 Å². The Kier molecular flexibility index (Phi) is 5.60. The number of amides is 1. The molecule has 6 heteroatoms. The third-order valence-corrected chi connectivity index (χ3v) is 5.81. The molecule has 2 aliphatic rings. The molecule has 0 radical (unpaired) electrons. The molecule has 0 spiro atoms. The third kappa shape index (κ3) is 4.18. The van der Waals surface area contributed by atoms with Gasteiger partial charge in [-0.3, -0.25) is 14.7 Å². The SMILES string of the molecule is CC1CN(C(=O)C2CCN(Cc3cc(F)cc4cccnc34)CC2)CC(C)O1. The van der Waals surface area contributed by atoms with Gasteiger partial charge >= 0.3 is 0 Å². The smallest absolute Gasteiger partial charge is 0.225 e. The zero-order chi connectivity index (χ0) is 19.7. The van der Waals surface area contributed by atoms with Crippen LogP contribution >= 0.6 is 0 Å². The van der Waals surface area contributed by atoms with Crippen LogP contribution < -0.4 is 0 Å². The Hall–Kier alpha value is -2.05. The highest BCUT2D eigenvalue weighted by molar-refractivity contribution is 5.81. The van der Waals surface area contributed by atoms with E-state index >= 15 is 0 Å². The van der Waals surface area contributed by atoms with Gasteiger partial charge in [0.1, 0.15) is 5.82 Å². The van der Waals surface area contributed by atoms with Crippen molar-refractivity contribution < 1.29 is 13.9 Å². The number of pyridine rings is 1. The molecule has 4 rings (SSSR count). The molecule has 0 bridgehead atoms. The Balaban J connectivity index is 1.38. The first kappa shape index (κ1) is 19.3. The van der Waals surface area contributed by atoms with Gasteiger partial charge in [-0.2, -0.15) is 0 Å². The van der Waals surface area contributed by atoms with Crippen molar-refractivity contribution in [2.45, 2.75) is 45.4 Å². The third-order valence-electron chi connectivity index (χ3n) is 5.81. The molecule has 1 amide bonds. The second-order valence-corrected chi connectivity index (χ2v) is 8.19. The van der Waals surface area contributed by atoms with Gasteiger partial charge in [0.15, 0.2) is 0 Å². The number of halogens is 1. The Morgan fingerprint density at radius 3 is 2.64 bits per heavy atom. The van der Waals surface area contributed by atoms with Crippen molar-refractivity contribution in [2.75, 3.05) is 26.2 Å². The van der Waals surface area contributed by atoms with E-state index < -0.39 is 0 Å². The van der Waals surface area contributed by atoms with E-state index in [2.05, 4.69) is 9.88 Å². The summed E-state index contributed by atoms with van der Waals surface area (Å²) < 4.78 is 19.7. The standard InChI is InChI=1S/C22H28FN3O2/c1-15-12-26(13-16(2)28-15)22(27)17-5-8-25(9-6-17)14-19-11-20(23)10-18-4-3-7-24-21(18)19/h3-4,7,10-11,15-17H,5-6,8-9,12-14H2,1-2H3. The molecule has 0 saturated carbocycles. The zero-order valence-electron chi connectivity index (χ0n) is 16.6. The van der Waals surface area contributed by atoms with Crippen molar-refractivity contribution in [1.82, 2.24) is 14.8 Å². The van der Waals surface area contributed by atoms with E-state index in [4.69, 9.17) is 4.74 Å². The van der Waals surface area contributed by atoms with Crippen LogP contribution in [0.25, 0.3) is 10.9 Å².